The Kier molecular flexibility index (Phi) is 4.74. The Labute approximate surface area is 118 Å². The van der Waals surface area contributed by atoms with Crippen molar-refractivity contribution >= 4 is 22.9 Å². The first-order valence-corrected chi connectivity index (χ1v) is 7.60. The number of rotatable bonds is 5. The summed E-state index contributed by atoms with van der Waals surface area (Å²) >= 11 is 1.62. The fraction of sp³-hybridized carbons (Fsp3) is 0.312. The van der Waals surface area contributed by atoms with E-state index in [1.165, 1.54) is 11.1 Å². The minimum Gasteiger partial charge on any atom is -0.325 e. The molecule has 19 heavy (non-hydrogen) atoms. The van der Waals surface area contributed by atoms with Gasteiger partial charge in [-0.1, -0.05) is 32.0 Å². The summed E-state index contributed by atoms with van der Waals surface area (Å²) in [6.07, 6.45) is 2.31. The van der Waals surface area contributed by atoms with Crippen LogP contribution in [0.2, 0.25) is 0 Å². The molecule has 1 aromatic carbocycles. The number of para-hydroxylation sites is 1. The average Bonchev–Trinajstić information content (AvgIpc) is 2.91. The fourth-order valence-electron chi connectivity index (χ4n) is 2.17. The Balaban J connectivity index is 2.15. The third kappa shape index (κ3) is 3.44. The molecule has 0 aliphatic carbocycles. The van der Waals surface area contributed by atoms with E-state index in [9.17, 15) is 4.79 Å². The maximum atomic E-state index is 12.1. The van der Waals surface area contributed by atoms with Crippen LogP contribution >= 0.6 is 11.3 Å². The Morgan fingerprint density at radius 1 is 1.16 bits per heavy atom. The van der Waals surface area contributed by atoms with Gasteiger partial charge in [0.05, 0.1) is 6.42 Å². The maximum Gasteiger partial charge on any atom is 0.228 e. The highest BCUT2D eigenvalue weighted by atomic mass is 32.1. The van der Waals surface area contributed by atoms with Crippen molar-refractivity contribution in [1.29, 1.82) is 0 Å². The zero-order valence-corrected chi connectivity index (χ0v) is 12.2. The third-order valence-corrected chi connectivity index (χ3v) is 3.94. The van der Waals surface area contributed by atoms with E-state index in [0.29, 0.717) is 6.42 Å². The number of amides is 1. The lowest BCUT2D eigenvalue weighted by Crippen LogP contribution is -2.16. The number of hydrogen-bond acceptors (Lipinski definition) is 2. The van der Waals surface area contributed by atoms with Crippen molar-refractivity contribution < 1.29 is 4.79 Å². The van der Waals surface area contributed by atoms with Gasteiger partial charge in [-0.25, -0.2) is 0 Å². The Hall–Kier alpha value is -1.61. The van der Waals surface area contributed by atoms with E-state index in [1.807, 2.05) is 16.8 Å². The molecular weight excluding hydrogens is 254 g/mol. The van der Waals surface area contributed by atoms with Gasteiger partial charge in [-0.15, -0.1) is 0 Å². The molecule has 1 amide bonds. The zero-order chi connectivity index (χ0) is 13.7. The van der Waals surface area contributed by atoms with Gasteiger partial charge in [-0.3, -0.25) is 4.79 Å². The largest absolute Gasteiger partial charge is 0.325 e. The molecule has 1 N–H and O–H groups in total. The lowest BCUT2D eigenvalue weighted by Gasteiger charge is -2.14. The van der Waals surface area contributed by atoms with E-state index in [-0.39, 0.29) is 5.91 Å². The lowest BCUT2D eigenvalue weighted by molar-refractivity contribution is -0.115. The Bertz CT molecular complexity index is 524. The molecular formula is C16H19NOS. The first kappa shape index (κ1) is 13.8. The summed E-state index contributed by atoms with van der Waals surface area (Å²) in [6.45, 7) is 4.23. The zero-order valence-electron chi connectivity index (χ0n) is 11.4. The number of hydrogen-bond donors (Lipinski definition) is 1. The monoisotopic (exact) mass is 273 g/mol. The van der Waals surface area contributed by atoms with Crippen LogP contribution in [0.3, 0.4) is 0 Å². The smallest absolute Gasteiger partial charge is 0.228 e. The van der Waals surface area contributed by atoms with E-state index >= 15 is 0 Å². The molecule has 2 nitrogen and oxygen atoms in total. The lowest BCUT2D eigenvalue weighted by atomic mass is 10.0. The minimum absolute atomic E-state index is 0.0639. The number of carbonyl (C=O) groups is 1. The first-order valence-electron chi connectivity index (χ1n) is 6.66. The van der Waals surface area contributed by atoms with Crippen LogP contribution in [0.25, 0.3) is 0 Å². The SMILES string of the molecule is CCc1cccc(CC)c1NC(=O)Cc1ccsc1. The molecule has 0 atom stereocenters. The van der Waals surface area contributed by atoms with Crippen LogP contribution in [0.4, 0.5) is 5.69 Å². The highest BCUT2D eigenvalue weighted by molar-refractivity contribution is 7.08. The van der Waals surface area contributed by atoms with Gasteiger partial charge in [0.1, 0.15) is 0 Å². The summed E-state index contributed by atoms with van der Waals surface area (Å²) < 4.78 is 0. The fourth-order valence-corrected chi connectivity index (χ4v) is 2.83. The van der Waals surface area contributed by atoms with E-state index in [0.717, 1.165) is 24.1 Å². The highest BCUT2D eigenvalue weighted by Crippen LogP contribution is 2.23. The summed E-state index contributed by atoms with van der Waals surface area (Å²) in [4.78, 5) is 12.1. The van der Waals surface area contributed by atoms with Crippen LogP contribution in [-0.2, 0) is 24.1 Å². The van der Waals surface area contributed by atoms with Crippen LogP contribution in [0.15, 0.2) is 35.0 Å². The number of benzene rings is 1. The maximum absolute atomic E-state index is 12.1. The van der Waals surface area contributed by atoms with Crippen LogP contribution in [0.1, 0.15) is 30.5 Å². The summed E-state index contributed by atoms with van der Waals surface area (Å²) in [5.41, 5.74) is 4.50. The Morgan fingerprint density at radius 3 is 2.37 bits per heavy atom. The normalized spacial score (nSPS) is 10.4. The number of carbonyl (C=O) groups excluding carboxylic acids is 1. The van der Waals surface area contributed by atoms with E-state index in [2.05, 4.69) is 37.4 Å². The third-order valence-electron chi connectivity index (χ3n) is 3.21. The van der Waals surface area contributed by atoms with Crippen molar-refractivity contribution in [3.8, 4) is 0 Å². The van der Waals surface area contributed by atoms with Gasteiger partial charge < -0.3 is 5.32 Å². The number of nitrogens with one attached hydrogen (secondary N) is 1. The van der Waals surface area contributed by atoms with Gasteiger partial charge in [-0.05, 0) is 46.4 Å². The summed E-state index contributed by atoms with van der Waals surface area (Å²) in [6, 6.07) is 8.22. The Morgan fingerprint density at radius 2 is 1.84 bits per heavy atom. The second kappa shape index (κ2) is 6.53. The molecule has 2 rings (SSSR count). The second-order valence-corrected chi connectivity index (χ2v) is 5.29. The molecule has 1 heterocycles. The molecule has 3 heteroatoms. The quantitative estimate of drug-likeness (QED) is 0.874. The number of anilines is 1. The number of aryl methyl sites for hydroxylation is 2. The topological polar surface area (TPSA) is 29.1 Å². The van der Waals surface area contributed by atoms with Gasteiger partial charge in [0.25, 0.3) is 0 Å². The molecule has 0 unspecified atom stereocenters. The van der Waals surface area contributed by atoms with Gasteiger partial charge in [0.15, 0.2) is 0 Å². The van der Waals surface area contributed by atoms with Crippen molar-refractivity contribution in [2.24, 2.45) is 0 Å². The van der Waals surface area contributed by atoms with Gasteiger partial charge in [0.2, 0.25) is 5.91 Å². The van der Waals surface area contributed by atoms with Crippen LogP contribution < -0.4 is 5.32 Å². The van der Waals surface area contributed by atoms with Crippen molar-refractivity contribution in [2.75, 3.05) is 5.32 Å². The molecule has 0 aliphatic heterocycles. The van der Waals surface area contributed by atoms with Gasteiger partial charge in [-0.2, -0.15) is 11.3 Å². The predicted octanol–water partition coefficient (Wildman–Crippen LogP) is 4.05. The molecule has 100 valence electrons. The molecule has 0 saturated heterocycles. The summed E-state index contributed by atoms with van der Waals surface area (Å²) in [5, 5.41) is 7.10. The minimum atomic E-state index is 0.0639. The first-order chi connectivity index (χ1) is 9.24. The van der Waals surface area contributed by atoms with Gasteiger partial charge >= 0.3 is 0 Å². The molecule has 0 fully saturated rings. The standard InChI is InChI=1S/C16H19NOS/c1-3-13-6-5-7-14(4-2)16(13)17-15(18)10-12-8-9-19-11-12/h5-9,11H,3-4,10H2,1-2H3,(H,17,18). The van der Waals surface area contributed by atoms with Gasteiger partial charge in [0, 0.05) is 5.69 Å². The van der Waals surface area contributed by atoms with Crippen molar-refractivity contribution in [2.45, 2.75) is 33.1 Å². The van der Waals surface area contributed by atoms with Crippen molar-refractivity contribution in [1.82, 2.24) is 0 Å². The molecule has 0 spiro atoms. The molecule has 0 aliphatic rings. The predicted molar refractivity (Wildman–Crippen MR) is 81.9 cm³/mol. The summed E-state index contributed by atoms with van der Waals surface area (Å²) in [7, 11) is 0. The second-order valence-electron chi connectivity index (χ2n) is 4.51. The highest BCUT2D eigenvalue weighted by Gasteiger charge is 2.10. The molecule has 0 bridgehead atoms. The van der Waals surface area contributed by atoms with E-state index < -0.39 is 0 Å². The van der Waals surface area contributed by atoms with Crippen molar-refractivity contribution in [3.63, 3.8) is 0 Å². The van der Waals surface area contributed by atoms with Crippen molar-refractivity contribution in [3.05, 3.63) is 51.7 Å². The molecule has 1 aromatic heterocycles. The van der Waals surface area contributed by atoms with Crippen LogP contribution in [0.5, 0.6) is 0 Å². The van der Waals surface area contributed by atoms with Crippen LogP contribution in [0, 0.1) is 0 Å². The summed E-state index contributed by atoms with van der Waals surface area (Å²) in [5.74, 6) is 0.0639. The molecule has 0 radical (unpaired) electrons. The average molecular weight is 273 g/mol. The molecule has 0 saturated carbocycles. The van der Waals surface area contributed by atoms with E-state index in [1.54, 1.807) is 11.3 Å². The van der Waals surface area contributed by atoms with Crippen LogP contribution in [-0.4, -0.2) is 5.91 Å². The van der Waals surface area contributed by atoms with E-state index in [4.69, 9.17) is 0 Å². The number of thiophene rings is 1. The molecule has 2 aromatic rings.